The maximum Gasteiger partial charge on any atom is 3.00 e. The smallest absolute Gasteiger partial charge is 0.862 e. The van der Waals surface area contributed by atoms with Gasteiger partial charge in [0.1, 0.15) is 12.1 Å². The molecule has 0 aromatic heterocycles. The van der Waals surface area contributed by atoms with E-state index in [-0.39, 0.29) is 69.2 Å². The van der Waals surface area contributed by atoms with Crippen LogP contribution in [0.5, 0.6) is 0 Å². The molecule has 1 fully saturated rings. The van der Waals surface area contributed by atoms with Gasteiger partial charge < -0.3 is 35.6 Å². The van der Waals surface area contributed by atoms with Crippen LogP contribution < -0.4 is 20.6 Å². The predicted octanol–water partition coefficient (Wildman–Crippen LogP) is -4.00. The molecule has 156 valence electrons. The Morgan fingerprint density at radius 3 is 1.57 bits per heavy atom. The number of hydrogen-bond acceptors (Lipinski definition) is 9. The Hall–Kier alpha value is -1.89. The topological polar surface area (TPSA) is 215 Å². The van der Waals surface area contributed by atoms with Crippen molar-refractivity contribution >= 4 is 35.6 Å². The van der Waals surface area contributed by atoms with Crippen molar-refractivity contribution in [3.05, 3.63) is 0 Å². The minimum atomic E-state index is -1.25. The number of nitrogens with one attached hydrogen (secondary N) is 1. The molecule has 3 aliphatic heterocycles. The van der Waals surface area contributed by atoms with Gasteiger partial charge in [-0.3, -0.25) is 14.8 Å². The minimum absolute atomic E-state index is 0. The summed E-state index contributed by atoms with van der Waals surface area (Å²) in [4.78, 5) is 47.2. The van der Waals surface area contributed by atoms with Crippen molar-refractivity contribution in [2.75, 3.05) is 0 Å². The summed E-state index contributed by atoms with van der Waals surface area (Å²) in [5.74, 6) is -3.98. The molecule has 0 bridgehead atoms. The van der Waals surface area contributed by atoms with Crippen LogP contribution in [0.1, 0.15) is 38.5 Å². The van der Waals surface area contributed by atoms with Crippen LogP contribution in [-0.4, -0.2) is 63.9 Å². The molecule has 3 heterocycles. The van der Waals surface area contributed by atoms with Gasteiger partial charge in [-0.1, -0.05) is 0 Å². The van der Waals surface area contributed by atoms with Crippen LogP contribution in [-0.2, 0) is 19.2 Å². The fraction of sp³-hybridized carbons (Fsp3) is 0.600. The van der Waals surface area contributed by atoms with Crippen LogP contribution in [0.3, 0.4) is 0 Å². The summed E-state index contributed by atoms with van der Waals surface area (Å²) >= 11 is 0. The fourth-order valence-corrected chi connectivity index (χ4v) is 2.27. The minimum Gasteiger partial charge on any atom is -0.862 e. The van der Waals surface area contributed by atoms with E-state index in [9.17, 15) is 34.5 Å². The first kappa shape index (κ1) is 26.1. The summed E-state index contributed by atoms with van der Waals surface area (Å²) in [5.41, 5.74) is 0. The van der Waals surface area contributed by atoms with E-state index in [1.807, 2.05) is 0 Å². The molecular formula is C15H18N3O9Tb. The predicted molar refractivity (Wildman–Crippen MR) is 82.4 cm³/mol. The van der Waals surface area contributed by atoms with Crippen LogP contribution in [0, 0.1) is 38.6 Å². The summed E-state index contributed by atoms with van der Waals surface area (Å²) in [6.07, 6.45) is 1.98. The van der Waals surface area contributed by atoms with Crippen LogP contribution in [0.4, 0.5) is 0 Å². The van der Waals surface area contributed by atoms with E-state index >= 15 is 0 Å². The Kier molecular flexibility index (Phi) is 11.7. The van der Waals surface area contributed by atoms with Gasteiger partial charge in [-0.2, -0.15) is 0 Å². The van der Waals surface area contributed by atoms with Gasteiger partial charge in [-0.25, -0.2) is 9.59 Å². The van der Waals surface area contributed by atoms with Crippen molar-refractivity contribution in [3.63, 3.8) is 0 Å². The molecule has 3 N–H and O–H groups in total. The largest absolute Gasteiger partial charge is 3.00 e. The molecule has 0 saturated carbocycles. The molecule has 28 heavy (non-hydrogen) atoms. The zero-order valence-electron chi connectivity index (χ0n) is 14.5. The van der Waals surface area contributed by atoms with E-state index in [0.29, 0.717) is 25.7 Å². The van der Waals surface area contributed by atoms with Crippen LogP contribution in [0.15, 0.2) is 9.98 Å². The van der Waals surface area contributed by atoms with Crippen LogP contribution in [0.2, 0.25) is 0 Å². The van der Waals surface area contributed by atoms with Crippen LogP contribution >= 0.6 is 0 Å². The molecule has 0 spiro atoms. The molecule has 0 aliphatic carbocycles. The van der Waals surface area contributed by atoms with Gasteiger partial charge in [0.15, 0.2) is 0 Å². The summed E-state index contributed by atoms with van der Waals surface area (Å²) in [6.45, 7) is 0. The third kappa shape index (κ3) is 9.35. The first-order chi connectivity index (χ1) is 12.6. The Bertz CT molecular complexity index is 627. The van der Waals surface area contributed by atoms with E-state index in [4.69, 9.17) is 10.2 Å². The molecule has 3 unspecified atom stereocenters. The first-order valence-electron chi connectivity index (χ1n) is 8.03. The zero-order chi connectivity index (χ0) is 20.6. The molecule has 0 radical (unpaired) electrons. The molecule has 12 nitrogen and oxygen atoms in total. The Morgan fingerprint density at radius 1 is 0.893 bits per heavy atom. The number of rotatable bonds is 3. The SMILES string of the molecule is O=C(O)C1CCC([O-])=N1.O=C([O-])C1CCC([O-])=N1.O=C1CCC(C(=O)O)N1.[Tb+3]. The van der Waals surface area contributed by atoms with E-state index in [1.165, 1.54) is 0 Å². The Morgan fingerprint density at radius 2 is 1.39 bits per heavy atom. The zero-order valence-corrected chi connectivity index (χ0v) is 16.6. The number of amides is 1. The molecule has 0 aromatic rings. The number of carbonyl (C=O) groups is 4. The number of carboxylic acids is 3. The Balaban J connectivity index is 0.000000384. The molecule has 1 saturated heterocycles. The van der Waals surface area contributed by atoms with Gasteiger partial charge in [0.25, 0.3) is 0 Å². The van der Waals surface area contributed by atoms with Crippen molar-refractivity contribution in [2.24, 2.45) is 9.98 Å². The number of carboxylic acid groups (broad SMARTS) is 3. The van der Waals surface area contributed by atoms with Gasteiger partial charge in [-0.05, 0) is 43.9 Å². The average molecular weight is 543 g/mol. The van der Waals surface area contributed by atoms with Gasteiger partial charge in [0.05, 0.1) is 12.0 Å². The summed E-state index contributed by atoms with van der Waals surface area (Å²) in [7, 11) is 0. The van der Waals surface area contributed by atoms with Crippen molar-refractivity contribution in [1.29, 1.82) is 0 Å². The maximum atomic E-state index is 10.4. The van der Waals surface area contributed by atoms with Crippen molar-refractivity contribution in [1.82, 2.24) is 5.32 Å². The molecular weight excluding hydrogens is 525 g/mol. The monoisotopic (exact) mass is 543 g/mol. The third-order valence-corrected chi connectivity index (χ3v) is 3.71. The normalized spacial score (nSPS) is 24.9. The van der Waals surface area contributed by atoms with Crippen molar-refractivity contribution in [2.45, 2.75) is 56.7 Å². The number of hydrogen-bond donors (Lipinski definition) is 3. The number of aliphatic imine (C=N–C) groups is 2. The maximum absolute atomic E-state index is 10.4. The summed E-state index contributed by atoms with van der Waals surface area (Å²) in [5, 5.41) is 49.5. The molecule has 13 heteroatoms. The second-order valence-corrected chi connectivity index (χ2v) is 5.81. The quantitative estimate of drug-likeness (QED) is 0.316. The fourth-order valence-electron chi connectivity index (χ4n) is 2.27. The third-order valence-electron chi connectivity index (χ3n) is 3.71. The van der Waals surface area contributed by atoms with Crippen LogP contribution in [0.25, 0.3) is 0 Å². The first-order valence-corrected chi connectivity index (χ1v) is 8.03. The number of nitrogens with zero attached hydrogens (tertiary/aromatic N) is 2. The van der Waals surface area contributed by atoms with E-state index < -0.39 is 36.0 Å². The van der Waals surface area contributed by atoms with Gasteiger partial charge in [0.2, 0.25) is 5.91 Å². The number of carbonyl (C=O) groups excluding carboxylic acids is 2. The average Bonchev–Trinajstić information content (AvgIpc) is 3.30. The van der Waals surface area contributed by atoms with Gasteiger partial charge in [-0.15, -0.1) is 0 Å². The molecule has 3 aliphatic rings. The van der Waals surface area contributed by atoms with Crippen molar-refractivity contribution < 1.29 is 83.3 Å². The van der Waals surface area contributed by atoms with Crippen molar-refractivity contribution in [3.8, 4) is 0 Å². The van der Waals surface area contributed by atoms with E-state index in [0.717, 1.165) is 0 Å². The molecule has 1 amide bonds. The summed E-state index contributed by atoms with van der Waals surface area (Å²) < 4.78 is 0. The number of aliphatic carboxylic acids is 3. The van der Waals surface area contributed by atoms with Gasteiger partial charge >= 0.3 is 50.6 Å². The molecule has 3 atom stereocenters. The summed E-state index contributed by atoms with van der Waals surface area (Å²) in [6, 6.07) is -2.28. The Labute approximate surface area is 190 Å². The van der Waals surface area contributed by atoms with E-state index in [2.05, 4.69) is 15.3 Å². The second-order valence-electron chi connectivity index (χ2n) is 5.81. The second kappa shape index (κ2) is 12.5. The molecule has 3 rings (SSSR count). The van der Waals surface area contributed by atoms with E-state index in [1.54, 1.807) is 0 Å². The standard InChI is InChI=1S/3C5H7NO3.Tb/c3*7-4-2-1-3(6-4)5(8)9;/h3*3H,1-2H2,(H,6,7)(H,8,9);/q;;;+3/p-3. The van der Waals surface area contributed by atoms with Gasteiger partial charge in [0, 0.05) is 6.42 Å². The molecule has 0 aromatic carbocycles.